The second-order valence-corrected chi connectivity index (χ2v) is 11.7. The molecular weight excluding hydrogens is 496 g/mol. The predicted octanol–water partition coefficient (Wildman–Crippen LogP) is 11.6. The molecule has 0 bridgehead atoms. The van der Waals surface area contributed by atoms with E-state index >= 15 is 0 Å². The van der Waals surface area contributed by atoms with E-state index < -0.39 is 0 Å². The number of carbonyl (C=O) groups is 1. The maximum Gasteiger partial charge on any atom is 0.338 e. The Morgan fingerprint density at radius 1 is 0.475 bits per heavy atom. The van der Waals surface area contributed by atoms with E-state index in [0.29, 0.717) is 30.3 Å². The van der Waals surface area contributed by atoms with Crippen molar-refractivity contribution in [3.63, 3.8) is 0 Å². The van der Waals surface area contributed by atoms with Crippen LogP contribution in [0.2, 0.25) is 0 Å². The Hall–Kier alpha value is -1.71. The standard InChI is InChI=1S/C36H64O4/c1-4-6-8-10-12-14-16-17-18-19-21-23-25-27-29-40-35-31-33(36(37)38-3)30-34(32-35)39-28-26-24-22-20-15-13-11-9-7-5-2/h30-32H,4-29H2,1-3H3. The second-order valence-electron chi connectivity index (χ2n) is 11.7. The summed E-state index contributed by atoms with van der Waals surface area (Å²) in [5.41, 5.74) is 0.485. The molecule has 0 fully saturated rings. The van der Waals surface area contributed by atoms with Gasteiger partial charge in [0.25, 0.3) is 0 Å². The number of ether oxygens (including phenoxy) is 3. The maximum absolute atomic E-state index is 12.2. The minimum Gasteiger partial charge on any atom is -0.493 e. The number of hydrogen-bond acceptors (Lipinski definition) is 4. The first-order valence-corrected chi connectivity index (χ1v) is 17.2. The van der Waals surface area contributed by atoms with Crippen molar-refractivity contribution >= 4 is 5.97 Å². The van der Waals surface area contributed by atoms with E-state index in [2.05, 4.69) is 13.8 Å². The Kier molecular flexibility index (Phi) is 24.9. The molecule has 0 aliphatic heterocycles. The normalized spacial score (nSPS) is 11.1. The van der Waals surface area contributed by atoms with Gasteiger partial charge in [-0.2, -0.15) is 0 Å². The van der Waals surface area contributed by atoms with Crippen LogP contribution in [0.4, 0.5) is 0 Å². The van der Waals surface area contributed by atoms with Gasteiger partial charge in [-0.25, -0.2) is 4.79 Å². The van der Waals surface area contributed by atoms with E-state index in [-0.39, 0.29) is 5.97 Å². The van der Waals surface area contributed by atoms with Crippen molar-refractivity contribution in [2.24, 2.45) is 0 Å². The maximum atomic E-state index is 12.2. The number of rotatable bonds is 29. The van der Waals surface area contributed by atoms with Gasteiger partial charge in [-0.15, -0.1) is 0 Å². The van der Waals surface area contributed by atoms with Gasteiger partial charge in [0.15, 0.2) is 0 Å². The fraction of sp³-hybridized carbons (Fsp3) is 0.806. The van der Waals surface area contributed by atoms with Crippen molar-refractivity contribution in [2.45, 2.75) is 168 Å². The third-order valence-electron chi connectivity index (χ3n) is 7.83. The Morgan fingerprint density at radius 3 is 1.07 bits per heavy atom. The first kappa shape index (κ1) is 36.3. The van der Waals surface area contributed by atoms with E-state index in [1.54, 1.807) is 12.1 Å². The van der Waals surface area contributed by atoms with Gasteiger partial charge < -0.3 is 14.2 Å². The van der Waals surface area contributed by atoms with E-state index in [1.165, 1.54) is 148 Å². The lowest BCUT2D eigenvalue weighted by Gasteiger charge is -2.12. The average molecular weight is 561 g/mol. The van der Waals surface area contributed by atoms with Crippen molar-refractivity contribution in [3.05, 3.63) is 23.8 Å². The fourth-order valence-electron chi connectivity index (χ4n) is 5.24. The van der Waals surface area contributed by atoms with Crippen molar-refractivity contribution < 1.29 is 19.0 Å². The molecule has 0 amide bonds. The molecule has 4 heteroatoms. The summed E-state index contributed by atoms with van der Waals surface area (Å²) >= 11 is 0. The van der Waals surface area contributed by atoms with Gasteiger partial charge in [0.1, 0.15) is 11.5 Å². The monoisotopic (exact) mass is 560 g/mol. The molecule has 0 heterocycles. The Bertz CT molecular complexity index is 702. The van der Waals surface area contributed by atoms with Crippen LogP contribution in [-0.4, -0.2) is 26.3 Å². The highest BCUT2D eigenvalue weighted by Crippen LogP contribution is 2.25. The molecule has 0 radical (unpaired) electrons. The van der Waals surface area contributed by atoms with Gasteiger partial charge in [0.2, 0.25) is 0 Å². The first-order valence-electron chi connectivity index (χ1n) is 17.2. The van der Waals surface area contributed by atoms with E-state index in [4.69, 9.17) is 14.2 Å². The molecule has 1 aromatic carbocycles. The van der Waals surface area contributed by atoms with Crippen LogP contribution < -0.4 is 9.47 Å². The Labute approximate surface area is 248 Å². The van der Waals surface area contributed by atoms with Crippen LogP contribution in [0.5, 0.6) is 11.5 Å². The quantitative estimate of drug-likeness (QED) is 0.0722. The number of unbranched alkanes of at least 4 members (excludes halogenated alkanes) is 22. The van der Waals surface area contributed by atoms with Crippen molar-refractivity contribution in [3.8, 4) is 11.5 Å². The lowest BCUT2D eigenvalue weighted by Crippen LogP contribution is -2.05. The Morgan fingerprint density at radius 2 is 0.775 bits per heavy atom. The largest absolute Gasteiger partial charge is 0.493 e. The van der Waals surface area contributed by atoms with Crippen molar-refractivity contribution in [1.29, 1.82) is 0 Å². The molecule has 0 saturated heterocycles. The SMILES string of the molecule is CCCCCCCCCCCCCCCCOc1cc(OCCCCCCCCCCCC)cc(C(=O)OC)c1. The average Bonchev–Trinajstić information content (AvgIpc) is 2.97. The third kappa shape index (κ3) is 21.1. The molecule has 0 N–H and O–H groups in total. The van der Waals surface area contributed by atoms with Gasteiger partial charge >= 0.3 is 5.97 Å². The van der Waals surface area contributed by atoms with Crippen LogP contribution in [0, 0.1) is 0 Å². The molecule has 0 saturated carbocycles. The summed E-state index contributed by atoms with van der Waals surface area (Å²) in [5, 5.41) is 0. The highest BCUT2D eigenvalue weighted by Gasteiger charge is 2.11. The van der Waals surface area contributed by atoms with Crippen LogP contribution in [0.15, 0.2) is 18.2 Å². The van der Waals surface area contributed by atoms with Crippen molar-refractivity contribution in [1.82, 2.24) is 0 Å². The first-order chi connectivity index (χ1) is 19.7. The highest BCUT2D eigenvalue weighted by molar-refractivity contribution is 5.90. The smallest absolute Gasteiger partial charge is 0.338 e. The van der Waals surface area contributed by atoms with Crippen LogP contribution >= 0.6 is 0 Å². The van der Waals surface area contributed by atoms with Crippen LogP contribution in [0.25, 0.3) is 0 Å². The molecule has 0 spiro atoms. The van der Waals surface area contributed by atoms with Gasteiger partial charge in [-0.1, -0.05) is 155 Å². The summed E-state index contributed by atoms with van der Waals surface area (Å²) in [5.74, 6) is 1.02. The number of hydrogen-bond donors (Lipinski definition) is 0. The zero-order chi connectivity index (χ0) is 28.9. The highest BCUT2D eigenvalue weighted by atomic mass is 16.5. The molecule has 40 heavy (non-hydrogen) atoms. The summed E-state index contributed by atoms with van der Waals surface area (Å²) in [6.45, 7) is 5.88. The van der Waals surface area contributed by atoms with Crippen LogP contribution in [-0.2, 0) is 4.74 Å². The summed E-state index contributed by atoms with van der Waals surface area (Å²) in [4.78, 5) is 12.2. The third-order valence-corrected chi connectivity index (χ3v) is 7.83. The van der Waals surface area contributed by atoms with E-state index in [9.17, 15) is 4.79 Å². The molecule has 0 unspecified atom stereocenters. The molecule has 232 valence electrons. The zero-order valence-electron chi connectivity index (χ0n) is 26.7. The molecule has 1 rings (SSSR count). The van der Waals surface area contributed by atoms with Crippen molar-refractivity contribution in [2.75, 3.05) is 20.3 Å². The molecule has 0 aliphatic carbocycles. The van der Waals surface area contributed by atoms with Crippen LogP contribution in [0.3, 0.4) is 0 Å². The molecule has 1 aromatic rings. The van der Waals surface area contributed by atoms with Crippen LogP contribution in [0.1, 0.15) is 178 Å². The summed E-state index contributed by atoms with van der Waals surface area (Å²) in [6, 6.07) is 5.44. The molecule has 0 aromatic heterocycles. The topological polar surface area (TPSA) is 44.8 Å². The molecule has 4 nitrogen and oxygen atoms in total. The number of carbonyl (C=O) groups excluding carboxylic acids is 1. The summed E-state index contributed by atoms with van der Waals surface area (Å²) in [7, 11) is 1.41. The number of methoxy groups -OCH3 is 1. The number of esters is 1. The minimum absolute atomic E-state index is 0.356. The lowest BCUT2D eigenvalue weighted by molar-refractivity contribution is 0.0599. The molecular formula is C36H64O4. The minimum atomic E-state index is -0.356. The molecule has 0 atom stereocenters. The van der Waals surface area contributed by atoms with Gasteiger partial charge in [-0.3, -0.25) is 0 Å². The van der Waals surface area contributed by atoms with Gasteiger partial charge in [0, 0.05) is 6.07 Å². The Balaban J connectivity index is 2.15. The lowest BCUT2D eigenvalue weighted by atomic mass is 10.0. The second kappa shape index (κ2) is 27.5. The fourth-order valence-corrected chi connectivity index (χ4v) is 5.24. The molecule has 0 aliphatic rings. The summed E-state index contributed by atoms with van der Waals surface area (Å²) in [6.07, 6.45) is 31.8. The van der Waals surface area contributed by atoms with Gasteiger partial charge in [-0.05, 0) is 25.0 Å². The van der Waals surface area contributed by atoms with E-state index in [1.807, 2.05) is 6.07 Å². The number of benzene rings is 1. The zero-order valence-corrected chi connectivity index (χ0v) is 26.7. The predicted molar refractivity (Wildman–Crippen MR) is 171 cm³/mol. The van der Waals surface area contributed by atoms with E-state index in [0.717, 1.165) is 12.8 Å². The van der Waals surface area contributed by atoms with Gasteiger partial charge in [0.05, 0.1) is 25.9 Å². The summed E-state index contributed by atoms with van der Waals surface area (Å²) < 4.78 is 16.9.